The molecule has 1 heterocycles. The van der Waals surface area contributed by atoms with Crippen molar-refractivity contribution >= 4 is 27.7 Å². The van der Waals surface area contributed by atoms with Crippen LogP contribution in [-0.4, -0.2) is 38.3 Å². The standard InChI is InChI=1S/C19H19ClN4O6S/c1-29-15-7-4-12(10-14(15)20)17-18(11-2-5-13(6-3-11)31(21,27)28)30-16(23-17)8-9-22-19(25)24-26/h2-7,10,26H,8-9H2,1H3,(H2,21,27,28)(H2,22,24,25). The number of sulfonamides is 1. The minimum absolute atomic E-state index is 0.0377. The maximum absolute atomic E-state index is 11.5. The van der Waals surface area contributed by atoms with E-state index in [1.807, 2.05) is 0 Å². The molecule has 0 saturated carbocycles. The Morgan fingerprint density at radius 2 is 1.90 bits per heavy atom. The molecule has 0 aliphatic carbocycles. The number of primary sulfonamides is 1. The molecule has 3 aromatic rings. The van der Waals surface area contributed by atoms with Gasteiger partial charge in [0.1, 0.15) is 11.4 Å². The van der Waals surface area contributed by atoms with Crippen molar-refractivity contribution in [2.75, 3.05) is 13.7 Å². The zero-order chi connectivity index (χ0) is 22.6. The number of halogens is 1. The maximum atomic E-state index is 11.5. The Kier molecular flexibility index (Phi) is 6.81. The smallest absolute Gasteiger partial charge is 0.338 e. The van der Waals surface area contributed by atoms with E-state index in [1.165, 1.54) is 24.7 Å². The van der Waals surface area contributed by atoms with Crippen molar-refractivity contribution in [1.82, 2.24) is 15.8 Å². The molecular formula is C19H19ClN4O6S. The summed E-state index contributed by atoms with van der Waals surface area (Å²) >= 11 is 6.25. The third-order valence-corrected chi connectivity index (χ3v) is 5.49. The van der Waals surface area contributed by atoms with Crippen LogP contribution in [0.4, 0.5) is 4.79 Å². The highest BCUT2D eigenvalue weighted by atomic mass is 35.5. The zero-order valence-electron chi connectivity index (χ0n) is 16.3. The minimum atomic E-state index is -3.84. The van der Waals surface area contributed by atoms with E-state index in [0.29, 0.717) is 39.2 Å². The van der Waals surface area contributed by atoms with Crippen LogP contribution < -0.4 is 20.7 Å². The van der Waals surface area contributed by atoms with Gasteiger partial charge in [-0.1, -0.05) is 11.6 Å². The van der Waals surface area contributed by atoms with Crippen molar-refractivity contribution in [3.63, 3.8) is 0 Å². The highest BCUT2D eigenvalue weighted by Gasteiger charge is 2.19. The van der Waals surface area contributed by atoms with Crippen molar-refractivity contribution < 1.29 is 27.6 Å². The van der Waals surface area contributed by atoms with Gasteiger partial charge in [-0.2, -0.15) is 0 Å². The van der Waals surface area contributed by atoms with Gasteiger partial charge >= 0.3 is 6.03 Å². The first-order valence-electron chi connectivity index (χ1n) is 8.87. The molecule has 2 aromatic carbocycles. The second kappa shape index (κ2) is 9.35. The fraction of sp³-hybridized carbons (Fsp3) is 0.158. The number of aromatic nitrogens is 1. The van der Waals surface area contributed by atoms with Gasteiger partial charge in [-0.3, -0.25) is 5.21 Å². The lowest BCUT2D eigenvalue weighted by Crippen LogP contribution is -2.34. The molecule has 0 aliphatic heterocycles. The number of hydroxylamine groups is 1. The van der Waals surface area contributed by atoms with Crippen LogP contribution in [0, 0.1) is 0 Å². The summed E-state index contributed by atoms with van der Waals surface area (Å²) in [6.07, 6.45) is 0.236. The number of hydrogen-bond donors (Lipinski definition) is 4. The minimum Gasteiger partial charge on any atom is -0.495 e. The molecule has 0 saturated heterocycles. The molecule has 1 aromatic heterocycles. The van der Waals surface area contributed by atoms with Crippen molar-refractivity contribution in [3.05, 3.63) is 53.4 Å². The van der Waals surface area contributed by atoms with Gasteiger partial charge in [0.05, 0.1) is 17.0 Å². The van der Waals surface area contributed by atoms with Gasteiger partial charge in [-0.25, -0.2) is 28.8 Å². The molecule has 0 unspecified atom stereocenters. The van der Waals surface area contributed by atoms with E-state index in [2.05, 4.69) is 10.3 Å². The Balaban J connectivity index is 2.01. The Bertz CT molecular complexity index is 1190. The van der Waals surface area contributed by atoms with Crippen LogP contribution in [0.3, 0.4) is 0 Å². The zero-order valence-corrected chi connectivity index (χ0v) is 17.8. The highest BCUT2D eigenvalue weighted by molar-refractivity contribution is 7.89. The van der Waals surface area contributed by atoms with Crippen LogP contribution in [0.15, 0.2) is 51.8 Å². The highest BCUT2D eigenvalue weighted by Crippen LogP contribution is 2.36. The molecule has 10 nitrogen and oxygen atoms in total. The molecule has 2 amide bonds. The van der Waals surface area contributed by atoms with Gasteiger partial charge in [-0.15, -0.1) is 0 Å². The Morgan fingerprint density at radius 3 is 2.48 bits per heavy atom. The van der Waals surface area contributed by atoms with Crippen molar-refractivity contribution in [3.8, 4) is 28.3 Å². The maximum Gasteiger partial charge on any atom is 0.338 e. The summed E-state index contributed by atoms with van der Waals surface area (Å²) in [6.45, 7) is 0.152. The summed E-state index contributed by atoms with van der Waals surface area (Å²) in [7, 11) is -2.34. The number of methoxy groups -OCH3 is 1. The summed E-state index contributed by atoms with van der Waals surface area (Å²) < 4.78 is 34.1. The number of ether oxygens (including phenoxy) is 1. The molecule has 0 spiro atoms. The summed E-state index contributed by atoms with van der Waals surface area (Å²) in [5.74, 6) is 1.18. The number of rotatable bonds is 7. The molecule has 164 valence electrons. The van der Waals surface area contributed by atoms with Gasteiger partial charge in [0.15, 0.2) is 11.7 Å². The molecule has 0 bridgehead atoms. The number of nitrogens with two attached hydrogens (primary N) is 1. The lowest BCUT2D eigenvalue weighted by Gasteiger charge is -2.06. The lowest BCUT2D eigenvalue weighted by atomic mass is 10.1. The average Bonchev–Trinajstić information content (AvgIpc) is 3.17. The molecule has 31 heavy (non-hydrogen) atoms. The Labute approximate surface area is 183 Å². The van der Waals surface area contributed by atoms with Gasteiger partial charge in [0.25, 0.3) is 0 Å². The molecule has 0 fully saturated rings. The van der Waals surface area contributed by atoms with Crippen molar-refractivity contribution in [2.45, 2.75) is 11.3 Å². The van der Waals surface area contributed by atoms with Crippen LogP contribution >= 0.6 is 11.6 Å². The molecule has 0 radical (unpaired) electrons. The van der Waals surface area contributed by atoms with Gasteiger partial charge in [0, 0.05) is 24.1 Å². The number of benzene rings is 2. The van der Waals surface area contributed by atoms with Crippen LogP contribution in [0.5, 0.6) is 5.75 Å². The molecule has 3 rings (SSSR count). The number of oxazole rings is 1. The molecule has 5 N–H and O–H groups in total. The number of amides is 2. The summed E-state index contributed by atoms with van der Waals surface area (Å²) in [6, 6.07) is 10.2. The summed E-state index contributed by atoms with van der Waals surface area (Å²) in [4.78, 5) is 15.6. The quantitative estimate of drug-likeness (QED) is 0.307. The SMILES string of the molecule is COc1ccc(-c2nc(CCNC(=O)NO)oc2-c2ccc(S(N)(=O)=O)cc2)cc1Cl. The summed E-state index contributed by atoms with van der Waals surface area (Å²) in [5.41, 5.74) is 3.14. The van der Waals surface area contributed by atoms with E-state index >= 15 is 0 Å². The second-order valence-corrected chi connectivity index (χ2v) is 8.29. The lowest BCUT2D eigenvalue weighted by molar-refractivity contribution is 0.162. The number of hydrogen-bond acceptors (Lipinski definition) is 7. The van der Waals surface area contributed by atoms with E-state index in [0.717, 1.165) is 0 Å². The van der Waals surface area contributed by atoms with Crippen LogP contribution in [0.25, 0.3) is 22.6 Å². The number of urea groups is 1. The molecular weight excluding hydrogens is 448 g/mol. The van der Waals surface area contributed by atoms with E-state index in [9.17, 15) is 13.2 Å². The third-order valence-electron chi connectivity index (χ3n) is 4.27. The molecule has 12 heteroatoms. The van der Waals surface area contributed by atoms with E-state index in [-0.39, 0.29) is 17.9 Å². The third kappa shape index (κ3) is 5.33. The van der Waals surface area contributed by atoms with Gasteiger partial charge in [0.2, 0.25) is 10.0 Å². The average molecular weight is 467 g/mol. The van der Waals surface area contributed by atoms with Crippen LogP contribution in [0.1, 0.15) is 5.89 Å². The van der Waals surface area contributed by atoms with E-state index in [1.54, 1.807) is 30.3 Å². The van der Waals surface area contributed by atoms with Crippen molar-refractivity contribution in [1.29, 1.82) is 0 Å². The predicted molar refractivity (Wildman–Crippen MR) is 112 cm³/mol. The first-order valence-corrected chi connectivity index (χ1v) is 10.8. The fourth-order valence-electron chi connectivity index (χ4n) is 2.79. The normalized spacial score (nSPS) is 11.2. The Morgan fingerprint density at radius 1 is 1.23 bits per heavy atom. The fourth-order valence-corrected chi connectivity index (χ4v) is 3.57. The number of nitrogens with zero attached hydrogens (tertiary/aromatic N) is 1. The first-order chi connectivity index (χ1) is 14.7. The van der Waals surface area contributed by atoms with E-state index in [4.69, 9.17) is 31.1 Å². The molecule has 0 aliphatic rings. The Hall–Kier alpha value is -3.12. The van der Waals surface area contributed by atoms with Crippen molar-refractivity contribution in [2.24, 2.45) is 5.14 Å². The summed E-state index contributed by atoms with van der Waals surface area (Å²) in [5, 5.41) is 16.5. The number of carbonyl (C=O) groups is 1. The first kappa shape index (κ1) is 22.6. The molecule has 0 atom stereocenters. The second-order valence-electron chi connectivity index (χ2n) is 6.32. The number of carbonyl (C=O) groups excluding carboxylic acids is 1. The largest absolute Gasteiger partial charge is 0.495 e. The van der Waals surface area contributed by atoms with E-state index < -0.39 is 16.1 Å². The van der Waals surface area contributed by atoms with Crippen LogP contribution in [0.2, 0.25) is 5.02 Å². The van der Waals surface area contributed by atoms with Gasteiger partial charge in [-0.05, 0) is 42.5 Å². The van der Waals surface area contributed by atoms with Gasteiger partial charge < -0.3 is 14.5 Å². The topological polar surface area (TPSA) is 157 Å². The monoisotopic (exact) mass is 466 g/mol. The van der Waals surface area contributed by atoms with Crippen LogP contribution in [-0.2, 0) is 16.4 Å². The number of nitrogens with one attached hydrogen (secondary N) is 2. The predicted octanol–water partition coefficient (Wildman–Crippen LogP) is 2.55.